The first-order chi connectivity index (χ1) is 18.7. The smallest absolute Gasteiger partial charge is 0.338 e. The van der Waals surface area contributed by atoms with Crippen LogP contribution in [0, 0.1) is 29.1 Å². The summed E-state index contributed by atoms with van der Waals surface area (Å²) in [5, 5.41) is 2.14. The van der Waals surface area contributed by atoms with Gasteiger partial charge in [-0.15, -0.1) is 0 Å². The molecule has 222 valence electrons. The molecule has 0 aliphatic carbocycles. The number of unbranched alkanes of at least 4 members (excludes halogenated alkanes) is 5. The van der Waals surface area contributed by atoms with Gasteiger partial charge in [-0.25, -0.2) is 40.0 Å². The number of nitrogens with one attached hydrogen (secondary N) is 4. The highest BCUT2D eigenvalue weighted by Gasteiger charge is 2.26. The van der Waals surface area contributed by atoms with Gasteiger partial charge >= 0.3 is 12.0 Å². The lowest BCUT2D eigenvalue weighted by atomic mass is 10.1. The topological polar surface area (TPSA) is 126 Å². The Kier molecular flexibility index (Phi) is 12.0. The first-order valence-corrected chi connectivity index (χ1v) is 14.3. The summed E-state index contributed by atoms with van der Waals surface area (Å²) in [6, 6.07) is 2.21. The van der Waals surface area contributed by atoms with E-state index >= 15 is 0 Å². The molecule has 2 aromatic carbocycles. The Balaban J connectivity index is 2.13. The minimum absolute atomic E-state index is 0.0585. The minimum Gasteiger partial charge on any atom is -0.459 e. The molecule has 1 atom stereocenters. The lowest BCUT2D eigenvalue weighted by Gasteiger charge is -2.17. The molecular formula is C25H31F5N4O5S. The number of ether oxygens (including phenoxy) is 1. The number of anilines is 3. The quantitative estimate of drug-likeness (QED) is 0.0516. The highest BCUT2D eigenvalue weighted by Crippen LogP contribution is 2.27. The Labute approximate surface area is 228 Å². The van der Waals surface area contributed by atoms with Gasteiger partial charge in [0, 0.05) is 0 Å². The Morgan fingerprint density at radius 2 is 1.45 bits per heavy atom. The average molecular weight is 595 g/mol. The van der Waals surface area contributed by atoms with Crippen molar-refractivity contribution in [3.8, 4) is 0 Å². The average Bonchev–Trinajstić information content (AvgIpc) is 2.88. The summed E-state index contributed by atoms with van der Waals surface area (Å²) < 4.78 is 98.7. The molecule has 0 saturated heterocycles. The molecule has 0 bridgehead atoms. The van der Waals surface area contributed by atoms with Crippen molar-refractivity contribution in [2.75, 3.05) is 21.7 Å². The number of hydrogen-bond acceptors (Lipinski definition) is 6. The highest BCUT2D eigenvalue weighted by molar-refractivity contribution is 7.92. The number of sulfonamides is 1. The molecule has 9 nitrogen and oxygen atoms in total. The molecule has 0 spiro atoms. The van der Waals surface area contributed by atoms with Gasteiger partial charge in [0.2, 0.25) is 15.8 Å². The molecule has 0 radical (unpaired) electrons. The first-order valence-electron chi connectivity index (χ1n) is 12.4. The predicted octanol–water partition coefficient (Wildman–Crippen LogP) is 6.20. The summed E-state index contributed by atoms with van der Waals surface area (Å²) in [5.41, 5.74) is 1.22. The zero-order chi connectivity index (χ0) is 30.0. The lowest BCUT2D eigenvalue weighted by molar-refractivity contribution is 0.0319. The largest absolute Gasteiger partial charge is 0.459 e. The van der Waals surface area contributed by atoms with Gasteiger partial charge in [0.05, 0.1) is 29.3 Å². The van der Waals surface area contributed by atoms with Crippen LogP contribution in [0.1, 0.15) is 69.2 Å². The molecule has 0 aromatic heterocycles. The number of halogens is 5. The van der Waals surface area contributed by atoms with Crippen molar-refractivity contribution < 1.29 is 44.7 Å². The van der Waals surface area contributed by atoms with Crippen LogP contribution in [0.15, 0.2) is 18.2 Å². The van der Waals surface area contributed by atoms with Crippen molar-refractivity contribution in [2.45, 2.75) is 64.9 Å². The van der Waals surface area contributed by atoms with Gasteiger partial charge in [-0.2, -0.15) is 0 Å². The zero-order valence-corrected chi connectivity index (χ0v) is 22.9. The molecule has 0 fully saturated rings. The molecule has 0 aliphatic heterocycles. The molecule has 1 unspecified atom stereocenters. The summed E-state index contributed by atoms with van der Waals surface area (Å²) >= 11 is 0. The third-order valence-electron chi connectivity index (χ3n) is 5.58. The second kappa shape index (κ2) is 14.7. The third kappa shape index (κ3) is 9.54. The summed E-state index contributed by atoms with van der Waals surface area (Å²) in [5.74, 6) is -12.1. The number of benzene rings is 2. The lowest BCUT2D eigenvalue weighted by Crippen LogP contribution is -2.35. The van der Waals surface area contributed by atoms with Crippen molar-refractivity contribution >= 4 is 39.1 Å². The Hall–Kier alpha value is -3.62. The van der Waals surface area contributed by atoms with Crippen LogP contribution in [0.25, 0.3) is 0 Å². The summed E-state index contributed by atoms with van der Waals surface area (Å²) in [6.45, 7) is 3.84. The molecule has 2 amide bonds. The van der Waals surface area contributed by atoms with Crippen LogP contribution in [-0.2, 0) is 14.8 Å². The van der Waals surface area contributed by atoms with Crippen molar-refractivity contribution in [1.29, 1.82) is 0 Å². The van der Waals surface area contributed by atoms with Gasteiger partial charge in [0.15, 0.2) is 23.3 Å². The first kappa shape index (κ1) is 32.6. The Morgan fingerprint density at radius 1 is 0.875 bits per heavy atom. The van der Waals surface area contributed by atoms with E-state index in [2.05, 4.69) is 17.0 Å². The maximum absolute atomic E-state index is 13.8. The van der Waals surface area contributed by atoms with Crippen LogP contribution in [0.3, 0.4) is 0 Å². The summed E-state index contributed by atoms with van der Waals surface area (Å²) in [4.78, 5) is 25.0. The van der Waals surface area contributed by atoms with E-state index in [-0.39, 0.29) is 16.9 Å². The fourth-order valence-corrected chi connectivity index (χ4v) is 4.15. The number of rotatable bonds is 14. The van der Waals surface area contributed by atoms with Crippen molar-refractivity contribution in [3.63, 3.8) is 0 Å². The van der Waals surface area contributed by atoms with Crippen molar-refractivity contribution in [2.24, 2.45) is 0 Å². The van der Waals surface area contributed by atoms with Crippen LogP contribution in [0.4, 0.5) is 43.8 Å². The van der Waals surface area contributed by atoms with E-state index in [0.29, 0.717) is 6.42 Å². The van der Waals surface area contributed by atoms with Gasteiger partial charge in [0.25, 0.3) is 0 Å². The molecule has 0 heterocycles. The molecule has 2 aromatic rings. The maximum Gasteiger partial charge on any atom is 0.338 e. The highest BCUT2D eigenvalue weighted by atomic mass is 32.2. The number of carbonyl (C=O) groups excluding carboxylic acids is 2. The fourth-order valence-electron chi connectivity index (χ4n) is 3.57. The van der Waals surface area contributed by atoms with E-state index < -0.39 is 62.9 Å². The Morgan fingerprint density at radius 3 is 2.05 bits per heavy atom. The molecule has 2 rings (SSSR count). The van der Waals surface area contributed by atoms with Gasteiger partial charge in [-0.05, 0) is 38.0 Å². The van der Waals surface area contributed by atoms with Crippen LogP contribution < -0.4 is 20.9 Å². The molecular weight excluding hydrogens is 563 g/mol. The van der Waals surface area contributed by atoms with Crippen LogP contribution >= 0.6 is 0 Å². The van der Waals surface area contributed by atoms with E-state index in [1.807, 2.05) is 0 Å². The van der Waals surface area contributed by atoms with Gasteiger partial charge in [-0.3, -0.25) is 15.6 Å². The number of esters is 1. The van der Waals surface area contributed by atoms with E-state index in [4.69, 9.17) is 4.74 Å². The van der Waals surface area contributed by atoms with Gasteiger partial charge in [-0.1, -0.05) is 39.0 Å². The Bertz CT molecular complexity index is 1300. The summed E-state index contributed by atoms with van der Waals surface area (Å²) in [6.07, 6.45) is 7.41. The SMILES string of the molecule is CCCCCCCCC(C)OC(=O)c1ccc(NS(C)(=O)=O)c(NC(=O)NNc2c(F)c(F)c(F)c(F)c2F)c1. The number of amides is 2. The van der Waals surface area contributed by atoms with Crippen molar-refractivity contribution in [3.05, 3.63) is 52.8 Å². The van der Waals surface area contributed by atoms with Crippen LogP contribution in [0.2, 0.25) is 0 Å². The second-order valence-electron chi connectivity index (χ2n) is 9.06. The molecule has 40 heavy (non-hydrogen) atoms. The van der Waals surface area contributed by atoms with E-state index in [1.54, 1.807) is 17.8 Å². The molecule has 15 heteroatoms. The van der Waals surface area contributed by atoms with E-state index in [1.165, 1.54) is 12.1 Å². The standard InChI is InChI=1S/C25H31F5N4O5S/c1-4-5-6-7-8-9-10-14(2)39-24(35)15-11-12-16(34-40(3,37)38)17(13-15)31-25(36)33-32-23-21(29)19(27)18(26)20(28)22(23)30/h11-14,32,34H,4-10H2,1-3H3,(H2,31,33,36). The number of urea groups is 1. The number of carbonyl (C=O) groups is 2. The maximum atomic E-state index is 13.8. The monoisotopic (exact) mass is 594 g/mol. The van der Waals surface area contributed by atoms with Gasteiger partial charge in [0.1, 0.15) is 5.69 Å². The van der Waals surface area contributed by atoms with Crippen molar-refractivity contribution in [1.82, 2.24) is 5.43 Å². The zero-order valence-electron chi connectivity index (χ0n) is 22.1. The van der Waals surface area contributed by atoms with E-state index in [9.17, 15) is 40.0 Å². The predicted molar refractivity (Wildman–Crippen MR) is 140 cm³/mol. The number of hydrogen-bond donors (Lipinski definition) is 4. The normalized spacial score (nSPS) is 12.0. The fraction of sp³-hybridized carbons (Fsp3) is 0.440. The van der Waals surface area contributed by atoms with Crippen LogP contribution in [0.5, 0.6) is 0 Å². The van der Waals surface area contributed by atoms with Gasteiger partial charge < -0.3 is 10.1 Å². The minimum atomic E-state index is -3.86. The van der Waals surface area contributed by atoms with E-state index in [0.717, 1.165) is 50.8 Å². The summed E-state index contributed by atoms with van der Waals surface area (Å²) in [7, 11) is -3.86. The molecule has 0 aliphatic rings. The van der Waals surface area contributed by atoms with Crippen LogP contribution in [-0.4, -0.2) is 32.8 Å². The second-order valence-corrected chi connectivity index (χ2v) is 10.8. The molecule has 4 N–H and O–H groups in total. The molecule has 0 saturated carbocycles. The third-order valence-corrected chi connectivity index (χ3v) is 6.17. The number of hydrazine groups is 1.